The zero-order valence-electron chi connectivity index (χ0n) is 11.4. The highest BCUT2D eigenvalue weighted by molar-refractivity contribution is 5.24. The number of alkyl halides is 3. The van der Waals surface area contributed by atoms with Gasteiger partial charge in [0.1, 0.15) is 0 Å². The molecule has 1 atom stereocenters. The molecule has 0 heterocycles. The minimum absolute atomic E-state index is 0.180. The highest BCUT2D eigenvalue weighted by Gasteiger charge is 2.33. The van der Waals surface area contributed by atoms with Gasteiger partial charge in [-0.3, -0.25) is 4.90 Å². The summed E-state index contributed by atoms with van der Waals surface area (Å²) in [5.74, 6) is 0. The molecule has 2 N–H and O–H groups in total. The van der Waals surface area contributed by atoms with E-state index in [9.17, 15) is 13.2 Å². The molecule has 0 radical (unpaired) electrons. The van der Waals surface area contributed by atoms with E-state index in [4.69, 9.17) is 5.73 Å². The van der Waals surface area contributed by atoms with Crippen LogP contribution in [-0.4, -0.2) is 30.7 Å². The molecule has 0 fully saturated rings. The van der Waals surface area contributed by atoms with Crippen LogP contribution in [0.5, 0.6) is 0 Å². The Bertz CT molecular complexity index is 373. The standard InChI is InChI=1S/C14H21F3N2/c1-3-8-19(10-14(15,16)17)13(9-18)12-6-4-11(2)5-7-12/h4-7,13H,3,8-10,18H2,1-2H3. The monoisotopic (exact) mass is 274 g/mol. The number of hydrogen-bond donors (Lipinski definition) is 1. The lowest BCUT2D eigenvalue weighted by atomic mass is 10.0. The van der Waals surface area contributed by atoms with Crippen molar-refractivity contribution in [2.75, 3.05) is 19.6 Å². The number of aryl methyl sites for hydroxylation is 1. The van der Waals surface area contributed by atoms with Gasteiger partial charge in [-0.15, -0.1) is 0 Å². The smallest absolute Gasteiger partial charge is 0.329 e. The largest absolute Gasteiger partial charge is 0.401 e. The first kappa shape index (κ1) is 16.0. The molecule has 1 rings (SSSR count). The molecule has 1 unspecified atom stereocenters. The first-order chi connectivity index (χ1) is 8.87. The molecule has 0 spiro atoms. The van der Waals surface area contributed by atoms with Crippen molar-refractivity contribution in [3.8, 4) is 0 Å². The van der Waals surface area contributed by atoms with Crippen molar-refractivity contribution in [1.82, 2.24) is 4.90 Å². The van der Waals surface area contributed by atoms with Crippen molar-refractivity contribution in [3.05, 3.63) is 35.4 Å². The van der Waals surface area contributed by atoms with Crippen molar-refractivity contribution >= 4 is 0 Å². The van der Waals surface area contributed by atoms with Gasteiger partial charge < -0.3 is 5.73 Å². The van der Waals surface area contributed by atoms with E-state index >= 15 is 0 Å². The average molecular weight is 274 g/mol. The summed E-state index contributed by atoms with van der Waals surface area (Å²) in [4.78, 5) is 1.41. The van der Waals surface area contributed by atoms with Gasteiger partial charge in [0.15, 0.2) is 0 Å². The molecule has 0 saturated heterocycles. The van der Waals surface area contributed by atoms with Crippen LogP contribution in [0.25, 0.3) is 0 Å². The SMILES string of the molecule is CCCN(CC(F)(F)F)C(CN)c1ccc(C)cc1. The topological polar surface area (TPSA) is 29.3 Å². The molecule has 19 heavy (non-hydrogen) atoms. The lowest BCUT2D eigenvalue weighted by Crippen LogP contribution is -2.40. The number of halogens is 3. The van der Waals surface area contributed by atoms with Gasteiger partial charge in [-0.25, -0.2) is 0 Å². The van der Waals surface area contributed by atoms with Gasteiger partial charge in [0.2, 0.25) is 0 Å². The van der Waals surface area contributed by atoms with Crippen molar-refractivity contribution in [3.63, 3.8) is 0 Å². The molecule has 2 nitrogen and oxygen atoms in total. The minimum atomic E-state index is -4.20. The summed E-state index contributed by atoms with van der Waals surface area (Å²) < 4.78 is 37.9. The molecular formula is C14H21F3N2. The predicted molar refractivity (Wildman–Crippen MR) is 70.9 cm³/mol. The molecule has 1 aromatic rings. The Hall–Kier alpha value is -1.07. The normalized spacial score (nSPS) is 13.8. The van der Waals surface area contributed by atoms with Crippen LogP contribution in [0.15, 0.2) is 24.3 Å². The summed E-state index contributed by atoms with van der Waals surface area (Å²) in [7, 11) is 0. The summed E-state index contributed by atoms with van der Waals surface area (Å²) in [5, 5.41) is 0. The molecule has 5 heteroatoms. The van der Waals surface area contributed by atoms with E-state index in [1.165, 1.54) is 4.90 Å². The average Bonchev–Trinajstić information content (AvgIpc) is 2.31. The van der Waals surface area contributed by atoms with Gasteiger partial charge >= 0.3 is 6.18 Å². The Labute approximate surface area is 112 Å². The molecule has 1 aromatic carbocycles. The predicted octanol–water partition coefficient (Wildman–Crippen LogP) is 3.27. The number of rotatable bonds is 6. The van der Waals surface area contributed by atoms with E-state index in [1.54, 1.807) is 0 Å². The highest BCUT2D eigenvalue weighted by atomic mass is 19.4. The van der Waals surface area contributed by atoms with Crippen LogP contribution >= 0.6 is 0 Å². The number of nitrogens with two attached hydrogens (primary N) is 1. The molecule has 0 aliphatic rings. The maximum Gasteiger partial charge on any atom is 0.401 e. The van der Waals surface area contributed by atoms with Crippen LogP contribution in [0.1, 0.15) is 30.5 Å². The summed E-state index contributed by atoms with van der Waals surface area (Å²) in [6.45, 7) is 3.46. The summed E-state index contributed by atoms with van der Waals surface area (Å²) in [5.41, 5.74) is 7.60. The summed E-state index contributed by atoms with van der Waals surface area (Å²) >= 11 is 0. The maximum absolute atomic E-state index is 12.6. The van der Waals surface area contributed by atoms with E-state index < -0.39 is 12.7 Å². The van der Waals surface area contributed by atoms with E-state index in [-0.39, 0.29) is 12.6 Å². The Morgan fingerprint density at radius 1 is 1.21 bits per heavy atom. The second kappa shape index (κ2) is 6.91. The lowest BCUT2D eigenvalue weighted by Gasteiger charge is -2.31. The van der Waals surface area contributed by atoms with Gasteiger partial charge in [0, 0.05) is 12.6 Å². The fourth-order valence-electron chi connectivity index (χ4n) is 2.15. The summed E-state index contributed by atoms with van der Waals surface area (Å²) in [6.07, 6.45) is -3.54. The van der Waals surface area contributed by atoms with Crippen molar-refractivity contribution in [2.24, 2.45) is 5.73 Å². The van der Waals surface area contributed by atoms with Gasteiger partial charge in [-0.05, 0) is 25.5 Å². The molecule has 0 aliphatic carbocycles. The molecule has 0 saturated carbocycles. The Kier molecular flexibility index (Phi) is 5.82. The van der Waals surface area contributed by atoms with Crippen molar-refractivity contribution in [2.45, 2.75) is 32.5 Å². The van der Waals surface area contributed by atoms with Crippen LogP contribution in [0.4, 0.5) is 13.2 Å². The van der Waals surface area contributed by atoms with Crippen LogP contribution in [0, 0.1) is 6.92 Å². The fourth-order valence-corrected chi connectivity index (χ4v) is 2.15. The van der Waals surface area contributed by atoms with Crippen molar-refractivity contribution in [1.29, 1.82) is 0 Å². The number of hydrogen-bond acceptors (Lipinski definition) is 2. The van der Waals surface area contributed by atoms with Crippen molar-refractivity contribution < 1.29 is 13.2 Å². The van der Waals surface area contributed by atoms with E-state index in [0.29, 0.717) is 13.0 Å². The zero-order chi connectivity index (χ0) is 14.5. The van der Waals surface area contributed by atoms with E-state index in [1.807, 2.05) is 38.1 Å². The van der Waals surface area contributed by atoms with Crippen LogP contribution in [0.3, 0.4) is 0 Å². The quantitative estimate of drug-likeness (QED) is 0.862. The third-order valence-electron chi connectivity index (χ3n) is 3.02. The molecule has 0 aromatic heterocycles. The highest BCUT2D eigenvalue weighted by Crippen LogP contribution is 2.25. The van der Waals surface area contributed by atoms with Gasteiger partial charge in [-0.1, -0.05) is 36.8 Å². The Morgan fingerprint density at radius 3 is 2.21 bits per heavy atom. The number of nitrogens with zero attached hydrogens (tertiary/aromatic N) is 1. The fraction of sp³-hybridized carbons (Fsp3) is 0.571. The Morgan fingerprint density at radius 2 is 1.79 bits per heavy atom. The molecule has 108 valence electrons. The molecule has 0 bridgehead atoms. The first-order valence-corrected chi connectivity index (χ1v) is 6.44. The van der Waals surface area contributed by atoms with E-state index in [0.717, 1.165) is 11.1 Å². The third kappa shape index (κ3) is 5.20. The first-order valence-electron chi connectivity index (χ1n) is 6.44. The Balaban J connectivity index is 2.92. The second-order valence-corrected chi connectivity index (χ2v) is 4.75. The van der Waals surface area contributed by atoms with Gasteiger partial charge in [0.25, 0.3) is 0 Å². The maximum atomic E-state index is 12.6. The minimum Gasteiger partial charge on any atom is -0.329 e. The lowest BCUT2D eigenvalue weighted by molar-refractivity contribution is -0.150. The summed E-state index contributed by atoms with van der Waals surface area (Å²) in [6, 6.07) is 7.12. The molecule has 0 amide bonds. The third-order valence-corrected chi connectivity index (χ3v) is 3.02. The number of benzene rings is 1. The van der Waals surface area contributed by atoms with E-state index in [2.05, 4.69) is 0 Å². The van der Waals surface area contributed by atoms with Crippen LogP contribution in [-0.2, 0) is 0 Å². The van der Waals surface area contributed by atoms with Gasteiger partial charge in [-0.2, -0.15) is 13.2 Å². The van der Waals surface area contributed by atoms with Crippen LogP contribution < -0.4 is 5.73 Å². The second-order valence-electron chi connectivity index (χ2n) is 4.75. The zero-order valence-corrected chi connectivity index (χ0v) is 11.4. The molecular weight excluding hydrogens is 253 g/mol. The molecule has 0 aliphatic heterocycles. The van der Waals surface area contributed by atoms with Crippen LogP contribution in [0.2, 0.25) is 0 Å². The van der Waals surface area contributed by atoms with Gasteiger partial charge in [0.05, 0.1) is 6.54 Å².